The molecule has 2 aliphatic carbocycles. The fourth-order valence-corrected chi connectivity index (χ4v) is 3.58. The van der Waals surface area contributed by atoms with Gasteiger partial charge in [0, 0.05) is 0 Å². The van der Waals surface area contributed by atoms with Gasteiger partial charge in [0.05, 0.1) is 7.11 Å². The van der Waals surface area contributed by atoms with Crippen molar-refractivity contribution in [3.05, 3.63) is 0 Å². The molecule has 1 spiro atoms. The van der Waals surface area contributed by atoms with Gasteiger partial charge >= 0.3 is 5.97 Å². The molecule has 1 N–H and O–H groups in total. The summed E-state index contributed by atoms with van der Waals surface area (Å²) in [6.07, 6.45) is 9.75. The molecule has 0 saturated heterocycles. The first kappa shape index (κ1) is 11.9. The Morgan fingerprint density at radius 1 is 1.06 bits per heavy atom. The van der Waals surface area contributed by atoms with Crippen molar-refractivity contribution in [3.63, 3.8) is 0 Å². The maximum absolute atomic E-state index is 11.8. The number of esters is 1. The molecule has 3 heteroatoms. The van der Waals surface area contributed by atoms with E-state index in [2.05, 4.69) is 5.32 Å². The van der Waals surface area contributed by atoms with E-state index in [0.717, 1.165) is 12.8 Å². The Hall–Kier alpha value is -0.570. The number of nitrogens with one attached hydrogen (secondary N) is 1. The lowest BCUT2D eigenvalue weighted by molar-refractivity contribution is -0.151. The topological polar surface area (TPSA) is 38.3 Å². The van der Waals surface area contributed by atoms with Crippen LogP contribution in [0.15, 0.2) is 0 Å². The first-order chi connectivity index (χ1) is 7.66. The van der Waals surface area contributed by atoms with Crippen molar-refractivity contribution in [2.75, 3.05) is 14.2 Å². The number of carbonyl (C=O) groups is 1. The van der Waals surface area contributed by atoms with Crippen molar-refractivity contribution in [1.29, 1.82) is 0 Å². The van der Waals surface area contributed by atoms with Crippen LogP contribution in [0.2, 0.25) is 0 Å². The van der Waals surface area contributed by atoms with E-state index in [1.807, 2.05) is 7.05 Å². The van der Waals surface area contributed by atoms with Crippen LogP contribution in [0.1, 0.15) is 51.4 Å². The molecule has 0 radical (unpaired) electrons. The summed E-state index contributed by atoms with van der Waals surface area (Å²) in [5, 5.41) is 3.20. The van der Waals surface area contributed by atoms with Crippen LogP contribution in [0.25, 0.3) is 0 Å². The number of ether oxygens (including phenoxy) is 1. The number of methoxy groups -OCH3 is 1. The Balaban J connectivity index is 2.03. The van der Waals surface area contributed by atoms with E-state index in [1.165, 1.54) is 45.6 Å². The average molecular weight is 225 g/mol. The Bertz CT molecular complexity index is 259. The van der Waals surface area contributed by atoms with Gasteiger partial charge in [0.25, 0.3) is 0 Å². The molecule has 3 nitrogen and oxygen atoms in total. The highest BCUT2D eigenvalue weighted by Gasteiger charge is 2.47. The van der Waals surface area contributed by atoms with Gasteiger partial charge in [-0.25, -0.2) is 0 Å². The maximum atomic E-state index is 11.8. The molecule has 0 aromatic rings. The molecule has 0 aromatic carbocycles. The van der Waals surface area contributed by atoms with Gasteiger partial charge in [-0.3, -0.25) is 4.79 Å². The second-order valence-electron chi connectivity index (χ2n) is 5.53. The summed E-state index contributed by atoms with van der Waals surface area (Å²) in [4.78, 5) is 11.8. The molecular formula is C13H23NO2. The molecule has 0 aliphatic heterocycles. The highest BCUT2D eigenvalue weighted by molar-refractivity contribution is 5.80. The second-order valence-corrected chi connectivity index (χ2v) is 5.53. The number of carbonyl (C=O) groups excluding carboxylic acids is 1. The molecule has 0 amide bonds. The van der Waals surface area contributed by atoms with Crippen molar-refractivity contribution < 1.29 is 9.53 Å². The molecule has 0 unspecified atom stereocenters. The van der Waals surface area contributed by atoms with Crippen LogP contribution in [0.4, 0.5) is 0 Å². The van der Waals surface area contributed by atoms with Crippen LogP contribution in [-0.2, 0) is 9.53 Å². The Kier molecular flexibility index (Phi) is 3.24. The molecule has 16 heavy (non-hydrogen) atoms. The fourth-order valence-electron chi connectivity index (χ4n) is 3.58. The summed E-state index contributed by atoms with van der Waals surface area (Å²) in [7, 11) is 3.37. The van der Waals surface area contributed by atoms with Crippen LogP contribution in [0.5, 0.6) is 0 Å². The molecule has 2 fully saturated rings. The molecule has 2 saturated carbocycles. The molecule has 0 aromatic heterocycles. The zero-order valence-electron chi connectivity index (χ0n) is 10.5. The summed E-state index contributed by atoms with van der Waals surface area (Å²) < 4.78 is 4.93. The molecule has 92 valence electrons. The Morgan fingerprint density at radius 3 is 2.06 bits per heavy atom. The zero-order valence-corrected chi connectivity index (χ0v) is 10.5. The molecule has 0 bridgehead atoms. The Morgan fingerprint density at radius 2 is 1.62 bits per heavy atom. The molecule has 0 atom stereocenters. The quantitative estimate of drug-likeness (QED) is 0.733. The van der Waals surface area contributed by atoms with Gasteiger partial charge in [0.1, 0.15) is 5.54 Å². The van der Waals surface area contributed by atoms with E-state index in [1.54, 1.807) is 0 Å². The van der Waals surface area contributed by atoms with Crippen molar-refractivity contribution in [1.82, 2.24) is 5.32 Å². The van der Waals surface area contributed by atoms with Gasteiger partial charge in [-0.1, -0.05) is 12.8 Å². The smallest absolute Gasteiger partial charge is 0.326 e. The van der Waals surface area contributed by atoms with E-state index in [-0.39, 0.29) is 5.97 Å². The predicted octanol–water partition coefficient (Wildman–Crippen LogP) is 2.25. The van der Waals surface area contributed by atoms with Crippen LogP contribution < -0.4 is 5.32 Å². The van der Waals surface area contributed by atoms with Crippen molar-refractivity contribution in [2.45, 2.75) is 56.9 Å². The first-order valence-electron chi connectivity index (χ1n) is 6.44. The zero-order chi connectivity index (χ0) is 11.6. The first-order valence-corrected chi connectivity index (χ1v) is 6.44. The van der Waals surface area contributed by atoms with E-state index < -0.39 is 5.54 Å². The van der Waals surface area contributed by atoms with E-state index in [4.69, 9.17) is 4.74 Å². The lowest BCUT2D eigenvalue weighted by atomic mass is 9.66. The van der Waals surface area contributed by atoms with Gasteiger partial charge < -0.3 is 10.1 Å². The average Bonchev–Trinajstić information content (AvgIpc) is 2.78. The largest absolute Gasteiger partial charge is 0.468 e. The molecular weight excluding hydrogens is 202 g/mol. The van der Waals surface area contributed by atoms with Gasteiger partial charge in [-0.15, -0.1) is 0 Å². The lowest BCUT2D eigenvalue weighted by Gasteiger charge is -2.43. The third kappa shape index (κ3) is 1.86. The van der Waals surface area contributed by atoms with Crippen LogP contribution >= 0.6 is 0 Å². The highest BCUT2D eigenvalue weighted by Crippen LogP contribution is 2.51. The lowest BCUT2D eigenvalue weighted by Crippen LogP contribution is -2.54. The minimum absolute atomic E-state index is 0.0807. The van der Waals surface area contributed by atoms with E-state index >= 15 is 0 Å². The highest BCUT2D eigenvalue weighted by atomic mass is 16.5. The third-order valence-corrected chi connectivity index (χ3v) is 4.88. The van der Waals surface area contributed by atoms with Crippen LogP contribution in [-0.4, -0.2) is 25.7 Å². The monoisotopic (exact) mass is 225 g/mol. The summed E-state index contributed by atoms with van der Waals surface area (Å²) >= 11 is 0. The van der Waals surface area contributed by atoms with Crippen molar-refractivity contribution >= 4 is 5.97 Å². The van der Waals surface area contributed by atoms with Gasteiger partial charge in [-0.05, 0) is 51.0 Å². The molecule has 2 rings (SSSR count). The normalized spacial score (nSPS) is 26.9. The van der Waals surface area contributed by atoms with Gasteiger partial charge in [-0.2, -0.15) is 0 Å². The summed E-state index contributed by atoms with van der Waals surface area (Å²) in [6, 6.07) is 0. The molecule has 2 aliphatic rings. The fraction of sp³-hybridized carbons (Fsp3) is 0.923. The number of likely N-dealkylation sites (N-methyl/N-ethyl adjacent to an activating group) is 1. The van der Waals surface area contributed by atoms with Crippen molar-refractivity contribution in [3.8, 4) is 0 Å². The minimum Gasteiger partial charge on any atom is -0.468 e. The summed E-state index contributed by atoms with van der Waals surface area (Å²) in [5.74, 6) is -0.0807. The van der Waals surface area contributed by atoms with Crippen LogP contribution in [0.3, 0.4) is 0 Å². The SMILES string of the molecule is CNC1(C(=O)OC)CCC2(CCCC2)CC1. The Labute approximate surface area is 97.9 Å². The maximum Gasteiger partial charge on any atom is 0.326 e. The predicted molar refractivity (Wildman–Crippen MR) is 63.2 cm³/mol. The molecule has 0 heterocycles. The number of hydrogen-bond donors (Lipinski definition) is 1. The van der Waals surface area contributed by atoms with Gasteiger partial charge in [0.2, 0.25) is 0 Å². The number of rotatable bonds is 2. The third-order valence-electron chi connectivity index (χ3n) is 4.88. The van der Waals surface area contributed by atoms with Crippen molar-refractivity contribution in [2.24, 2.45) is 5.41 Å². The second kappa shape index (κ2) is 4.36. The van der Waals surface area contributed by atoms with Crippen LogP contribution in [0, 0.1) is 5.41 Å². The summed E-state index contributed by atoms with van der Waals surface area (Å²) in [5.41, 5.74) is 0.164. The van der Waals surface area contributed by atoms with E-state index in [0.29, 0.717) is 5.41 Å². The summed E-state index contributed by atoms with van der Waals surface area (Å²) in [6.45, 7) is 0. The standard InChI is InChI=1S/C13H23NO2/c1-14-13(11(15)16-2)9-7-12(8-10-13)5-3-4-6-12/h14H,3-10H2,1-2H3. The van der Waals surface area contributed by atoms with Gasteiger partial charge in [0.15, 0.2) is 0 Å². The number of hydrogen-bond acceptors (Lipinski definition) is 3. The minimum atomic E-state index is -0.400. The van der Waals surface area contributed by atoms with E-state index in [9.17, 15) is 4.79 Å².